The number of hydrogen-bond donors (Lipinski definition) is 0. The molecule has 9 heteroatoms. The highest BCUT2D eigenvalue weighted by atomic mass is 35.5. The van der Waals surface area contributed by atoms with Crippen molar-refractivity contribution in [3.8, 4) is 5.75 Å². The van der Waals surface area contributed by atoms with Crippen LogP contribution in [0.25, 0.3) is 0 Å². The molecular formula is C18H23Cl2N3O3S. The van der Waals surface area contributed by atoms with Gasteiger partial charge < -0.3 is 19.3 Å². The van der Waals surface area contributed by atoms with E-state index < -0.39 is 0 Å². The third-order valence-electron chi connectivity index (χ3n) is 3.63. The summed E-state index contributed by atoms with van der Waals surface area (Å²) in [6.07, 6.45) is 0. The van der Waals surface area contributed by atoms with Crippen LogP contribution in [0.4, 0.5) is 0 Å². The zero-order valence-electron chi connectivity index (χ0n) is 15.6. The lowest BCUT2D eigenvalue weighted by atomic mass is 10.3. The second-order valence-corrected chi connectivity index (χ2v) is 7.93. The number of hydrogen-bond acceptors (Lipinski definition) is 6. The monoisotopic (exact) mass is 431 g/mol. The van der Waals surface area contributed by atoms with Crippen molar-refractivity contribution in [2.45, 2.75) is 13.2 Å². The van der Waals surface area contributed by atoms with Crippen LogP contribution < -0.4 is 4.74 Å². The molecule has 0 unspecified atom stereocenters. The molecule has 2 aromatic rings. The highest BCUT2D eigenvalue weighted by molar-refractivity contribution is 7.09. The second kappa shape index (κ2) is 10.8. The van der Waals surface area contributed by atoms with E-state index in [2.05, 4.69) is 4.98 Å². The molecule has 0 atom stereocenters. The van der Waals surface area contributed by atoms with E-state index in [1.165, 1.54) is 18.4 Å². The van der Waals surface area contributed by atoms with Gasteiger partial charge in [0.05, 0.1) is 17.3 Å². The summed E-state index contributed by atoms with van der Waals surface area (Å²) in [5, 5.41) is 3.78. The first kappa shape index (κ1) is 21.9. The van der Waals surface area contributed by atoms with Gasteiger partial charge in [0.15, 0.2) is 0 Å². The first-order valence-electron chi connectivity index (χ1n) is 8.31. The zero-order valence-corrected chi connectivity index (χ0v) is 17.9. The number of aromatic nitrogens is 1. The Morgan fingerprint density at radius 1 is 1.26 bits per heavy atom. The number of ether oxygens (including phenoxy) is 2. The largest absolute Gasteiger partial charge is 0.485 e. The van der Waals surface area contributed by atoms with Gasteiger partial charge in [0, 0.05) is 36.7 Å². The first-order valence-corrected chi connectivity index (χ1v) is 9.95. The van der Waals surface area contributed by atoms with E-state index in [1.54, 1.807) is 23.1 Å². The molecule has 0 saturated heterocycles. The molecule has 27 heavy (non-hydrogen) atoms. The Kier molecular flexibility index (Phi) is 8.79. The minimum atomic E-state index is -0.0594. The van der Waals surface area contributed by atoms with Gasteiger partial charge in [0.2, 0.25) is 5.91 Å². The predicted molar refractivity (Wildman–Crippen MR) is 109 cm³/mol. The van der Waals surface area contributed by atoms with Crippen molar-refractivity contribution >= 4 is 40.4 Å². The molecule has 2 rings (SSSR count). The van der Waals surface area contributed by atoms with E-state index in [-0.39, 0.29) is 19.1 Å². The summed E-state index contributed by atoms with van der Waals surface area (Å²) in [6.45, 7) is 2.15. The lowest BCUT2D eigenvalue weighted by Gasteiger charge is -2.23. The van der Waals surface area contributed by atoms with Gasteiger partial charge in [-0.15, -0.1) is 11.3 Å². The Morgan fingerprint density at radius 3 is 2.74 bits per heavy atom. The van der Waals surface area contributed by atoms with Crippen molar-refractivity contribution in [3.63, 3.8) is 0 Å². The van der Waals surface area contributed by atoms with E-state index in [0.29, 0.717) is 28.9 Å². The van der Waals surface area contributed by atoms with Gasteiger partial charge in [-0.3, -0.25) is 4.79 Å². The summed E-state index contributed by atoms with van der Waals surface area (Å²) in [5.41, 5.74) is 0.819. The zero-order chi connectivity index (χ0) is 19.8. The van der Waals surface area contributed by atoms with Gasteiger partial charge in [0.25, 0.3) is 0 Å². The molecule has 0 aliphatic carbocycles. The minimum Gasteiger partial charge on any atom is -0.485 e. The maximum absolute atomic E-state index is 12.3. The van der Waals surface area contributed by atoms with Crippen LogP contribution in [0.1, 0.15) is 10.7 Å². The van der Waals surface area contributed by atoms with Crippen molar-refractivity contribution in [1.29, 1.82) is 0 Å². The Bertz CT molecular complexity index is 755. The van der Waals surface area contributed by atoms with Crippen molar-refractivity contribution in [1.82, 2.24) is 14.8 Å². The third kappa shape index (κ3) is 7.27. The normalized spacial score (nSPS) is 11.0. The Hall–Kier alpha value is -1.38. The molecule has 0 spiro atoms. The van der Waals surface area contributed by atoms with Crippen molar-refractivity contribution in [3.05, 3.63) is 44.3 Å². The van der Waals surface area contributed by atoms with Gasteiger partial charge in [-0.25, -0.2) is 4.98 Å². The fraction of sp³-hybridized carbons (Fsp3) is 0.444. The quantitative estimate of drug-likeness (QED) is 0.575. The van der Waals surface area contributed by atoms with Crippen molar-refractivity contribution in [2.24, 2.45) is 0 Å². The van der Waals surface area contributed by atoms with Gasteiger partial charge in [-0.1, -0.05) is 23.2 Å². The summed E-state index contributed by atoms with van der Waals surface area (Å²) in [5.74, 6) is 0.458. The van der Waals surface area contributed by atoms with Crippen LogP contribution in [0, 0.1) is 0 Å². The number of likely N-dealkylation sites (N-methyl/N-ethyl adjacent to an activating group) is 1. The number of carbonyl (C=O) groups is 1. The van der Waals surface area contributed by atoms with Gasteiger partial charge >= 0.3 is 0 Å². The fourth-order valence-corrected chi connectivity index (χ4v) is 3.27. The first-order chi connectivity index (χ1) is 12.9. The van der Waals surface area contributed by atoms with Crippen molar-refractivity contribution < 1.29 is 14.3 Å². The van der Waals surface area contributed by atoms with E-state index in [1.807, 2.05) is 24.4 Å². The highest BCUT2D eigenvalue weighted by Gasteiger charge is 2.16. The van der Waals surface area contributed by atoms with E-state index in [4.69, 9.17) is 32.7 Å². The SMILES string of the molecule is COCC(=O)N(CCN(C)C)Cc1csc(COc2cc(Cl)ccc2Cl)n1. The van der Waals surface area contributed by atoms with Crippen LogP contribution in [0.5, 0.6) is 5.75 Å². The standard InChI is InChI=1S/C18H23Cl2N3O3S/c1-22(2)6-7-23(18(24)11-25-3)9-14-12-27-17(21-14)10-26-16-8-13(19)4-5-15(16)20/h4-5,8,12H,6-7,9-11H2,1-3H3. The highest BCUT2D eigenvalue weighted by Crippen LogP contribution is 2.28. The molecule has 0 N–H and O–H groups in total. The molecule has 1 aromatic carbocycles. The van der Waals surface area contributed by atoms with Crippen LogP contribution in [0.15, 0.2) is 23.6 Å². The maximum atomic E-state index is 12.3. The molecule has 1 aromatic heterocycles. The van der Waals surface area contributed by atoms with Gasteiger partial charge in [-0.05, 0) is 26.2 Å². The molecular weight excluding hydrogens is 409 g/mol. The molecule has 0 aliphatic rings. The number of rotatable bonds is 10. The second-order valence-electron chi connectivity index (χ2n) is 6.15. The minimum absolute atomic E-state index is 0.0563. The molecule has 1 heterocycles. The number of thiazole rings is 1. The van der Waals surface area contributed by atoms with E-state index in [9.17, 15) is 4.79 Å². The van der Waals surface area contributed by atoms with Crippen LogP contribution in [0.2, 0.25) is 10.0 Å². The summed E-state index contributed by atoms with van der Waals surface area (Å²) in [7, 11) is 5.46. The smallest absolute Gasteiger partial charge is 0.248 e. The average Bonchev–Trinajstić information content (AvgIpc) is 3.07. The van der Waals surface area contributed by atoms with Gasteiger partial charge in [0.1, 0.15) is 24.0 Å². The summed E-state index contributed by atoms with van der Waals surface area (Å²) in [6, 6.07) is 5.07. The topological polar surface area (TPSA) is 54.9 Å². The molecule has 0 bridgehead atoms. The van der Waals surface area contributed by atoms with Crippen LogP contribution >= 0.6 is 34.5 Å². The third-order valence-corrected chi connectivity index (χ3v) is 5.05. The molecule has 1 amide bonds. The van der Waals surface area contributed by atoms with Gasteiger partial charge in [-0.2, -0.15) is 0 Å². The molecule has 0 radical (unpaired) electrons. The van der Waals surface area contributed by atoms with Crippen molar-refractivity contribution in [2.75, 3.05) is 40.9 Å². The number of amides is 1. The molecule has 0 fully saturated rings. The Balaban J connectivity index is 1.97. The maximum Gasteiger partial charge on any atom is 0.248 e. The Labute approximate surface area is 173 Å². The number of methoxy groups -OCH3 is 1. The molecule has 0 saturated carbocycles. The number of carbonyl (C=O) groups excluding carboxylic acids is 1. The molecule has 0 aliphatic heterocycles. The number of benzene rings is 1. The summed E-state index contributed by atoms with van der Waals surface area (Å²) in [4.78, 5) is 20.6. The molecule has 148 valence electrons. The average molecular weight is 432 g/mol. The van der Waals surface area contributed by atoms with Crippen LogP contribution in [-0.4, -0.2) is 61.6 Å². The molecule has 6 nitrogen and oxygen atoms in total. The predicted octanol–water partition coefficient (Wildman–Crippen LogP) is 3.57. The van der Waals surface area contributed by atoms with Crippen LogP contribution in [-0.2, 0) is 22.7 Å². The van der Waals surface area contributed by atoms with E-state index >= 15 is 0 Å². The fourth-order valence-electron chi connectivity index (χ4n) is 2.24. The summed E-state index contributed by atoms with van der Waals surface area (Å²) < 4.78 is 10.7. The number of nitrogens with zero attached hydrogens (tertiary/aromatic N) is 3. The lowest BCUT2D eigenvalue weighted by Crippen LogP contribution is -2.38. The van der Waals surface area contributed by atoms with E-state index in [0.717, 1.165) is 17.2 Å². The lowest BCUT2D eigenvalue weighted by molar-refractivity contribution is -0.136. The Morgan fingerprint density at radius 2 is 2.04 bits per heavy atom. The van der Waals surface area contributed by atoms with Crippen LogP contribution in [0.3, 0.4) is 0 Å². The number of halogens is 2. The summed E-state index contributed by atoms with van der Waals surface area (Å²) >= 11 is 13.5.